The lowest BCUT2D eigenvalue weighted by Crippen LogP contribution is -2.29. The van der Waals surface area contributed by atoms with E-state index >= 15 is 0 Å². The maximum absolute atomic E-state index is 10.9. The van der Waals surface area contributed by atoms with Gasteiger partial charge in [0, 0.05) is 41.1 Å². The standard InChI is InChI=1S/C35H40N2O6/c1-34(2)26-14-10-12-16-28(26)36(20-22-42-24-32(38)39)30(34)18-8-6-5-7-9-19-31-35(3,4)27-15-11-13-17-29(27)37(31)21-23-43-25-33(40)41/h5-19H,20-25H2,1-4H3,(H-,38,39,40,41)/p+1. The van der Waals surface area contributed by atoms with Crippen molar-refractivity contribution >= 4 is 29.0 Å². The minimum absolute atomic E-state index is 0.214. The topological polar surface area (TPSA) is 99.3 Å². The number of benzene rings is 2. The number of nitrogens with zero attached hydrogens (tertiary/aromatic N) is 2. The number of hydrogen-bond acceptors (Lipinski definition) is 5. The van der Waals surface area contributed by atoms with Crippen LogP contribution in [0.25, 0.3) is 0 Å². The molecule has 0 aromatic heterocycles. The zero-order valence-electron chi connectivity index (χ0n) is 25.3. The van der Waals surface area contributed by atoms with Crippen LogP contribution in [0.4, 0.5) is 11.4 Å². The maximum Gasteiger partial charge on any atom is 0.329 e. The van der Waals surface area contributed by atoms with E-state index in [1.165, 1.54) is 11.1 Å². The Balaban J connectivity index is 1.48. The Bertz CT molecular complexity index is 1500. The van der Waals surface area contributed by atoms with Crippen LogP contribution in [0, 0.1) is 0 Å². The van der Waals surface area contributed by atoms with Gasteiger partial charge in [0.1, 0.15) is 19.8 Å². The molecule has 2 aliphatic heterocycles. The molecule has 2 aromatic carbocycles. The molecule has 2 aliphatic rings. The normalized spacial score (nSPS) is 18.0. The van der Waals surface area contributed by atoms with Crippen LogP contribution in [-0.4, -0.2) is 72.0 Å². The molecule has 0 radical (unpaired) electrons. The molecule has 4 rings (SSSR count). The molecule has 0 spiro atoms. The maximum atomic E-state index is 10.9. The van der Waals surface area contributed by atoms with Gasteiger partial charge in [-0.2, -0.15) is 4.58 Å². The predicted molar refractivity (Wildman–Crippen MR) is 168 cm³/mol. The van der Waals surface area contributed by atoms with Crippen LogP contribution in [-0.2, 0) is 29.9 Å². The van der Waals surface area contributed by atoms with E-state index in [1.54, 1.807) is 0 Å². The zero-order chi connectivity index (χ0) is 31.0. The van der Waals surface area contributed by atoms with Crippen LogP contribution in [0.5, 0.6) is 0 Å². The zero-order valence-corrected chi connectivity index (χ0v) is 25.3. The number of carbonyl (C=O) groups is 2. The van der Waals surface area contributed by atoms with Gasteiger partial charge in [-0.25, -0.2) is 9.59 Å². The van der Waals surface area contributed by atoms with E-state index in [2.05, 4.69) is 73.6 Å². The Hall–Kier alpha value is -4.27. The van der Waals surface area contributed by atoms with E-state index in [4.69, 9.17) is 19.7 Å². The van der Waals surface area contributed by atoms with E-state index in [0.717, 1.165) is 22.8 Å². The van der Waals surface area contributed by atoms with Gasteiger partial charge in [0.05, 0.1) is 12.0 Å². The molecule has 2 heterocycles. The number of aliphatic carboxylic acids is 2. The number of allylic oxidation sites excluding steroid dienone is 8. The number of hydrogen-bond donors (Lipinski definition) is 2. The van der Waals surface area contributed by atoms with Crippen LogP contribution in [0.15, 0.2) is 96.8 Å². The van der Waals surface area contributed by atoms with Crippen molar-refractivity contribution in [2.45, 2.75) is 38.5 Å². The fraction of sp³-hybridized carbons (Fsp3) is 0.343. The van der Waals surface area contributed by atoms with Crippen LogP contribution >= 0.6 is 0 Å². The van der Waals surface area contributed by atoms with Gasteiger partial charge in [0.25, 0.3) is 0 Å². The first-order valence-electron chi connectivity index (χ1n) is 14.5. The minimum Gasteiger partial charge on any atom is -0.480 e. The number of rotatable bonds is 14. The molecule has 0 aliphatic carbocycles. The number of ether oxygens (including phenoxy) is 2. The number of carboxylic acids is 2. The van der Waals surface area contributed by atoms with Crippen LogP contribution in [0.3, 0.4) is 0 Å². The van der Waals surface area contributed by atoms with Gasteiger partial charge in [-0.1, -0.05) is 80.6 Å². The smallest absolute Gasteiger partial charge is 0.329 e. The predicted octanol–water partition coefficient (Wildman–Crippen LogP) is 5.62. The Kier molecular flexibility index (Phi) is 10.2. The number of carboxylic acid groups (broad SMARTS) is 2. The summed E-state index contributed by atoms with van der Waals surface area (Å²) in [7, 11) is 0. The summed E-state index contributed by atoms with van der Waals surface area (Å²) in [5.41, 5.74) is 6.48. The number of para-hydroxylation sites is 2. The Morgan fingerprint density at radius 3 is 2.12 bits per heavy atom. The quantitative estimate of drug-likeness (QED) is 0.169. The summed E-state index contributed by atoms with van der Waals surface area (Å²) >= 11 is 0. The summed E-state index contributed by atoms with van der Waals surface area (Å²) in [6.07, 6.45) is 14.2. The Morgan fingerprint density at radius 2 is 1.40 bits per heavy atom. The second-order valence-corrected chi connectivity index (χ2v) is 11.5. The summed E-state index contributed by atoms with van der Waals surface area (Å²) in [6, 6.07) is 16.6. The highest BCUT2D eigenvalue weighted by Crippen LogP contribution is 2.47. The van der Waals surface area contributed by atoms with Crippen molar-refractivity contribution in [3.8, 4) is 0 Å². The van der Waals surface area contributed by atoms with E-state index in [0.29, 0.717) is 26.3 Å². The van der Waals surface area contributed by atoms with Crippen LogP contribution in [0.1, 0.15) is 38.8 Å². The molecule has 43 heavy (non-hydrogen) atoms. The van der Waals surface area contributed by atoms with Crippen molar-refractivity contribution in [1.82, 2.24) is 0 Å². The van der Waals surface area contributed by atoms with Gasteiger partial charge in [-0.15, -0.1) is 0 Å². The SMILES string of the molecule is CC1(C)C(/C=C/C=C/C=C/C=C2/N(CCOCC(=O)O)c3ccccc3C2(C)C)=[N+](CCOCC(=O)O)c2ccccc21. The average Bonchev–Trinajstić information content (AvgIpc) is 3.31. The van der Waals surface area contributed by atoms with Gasteiger partial charge >= 0.3 is 11.9 Å². The fourth-order valence-corrected chi connectivity index (χ4v) is 5.88. The first-order chi connectivity index (χ1) is 20.5. The first kappa shape index (κ1) is 31.7. The van der Waals surface area contributed by atoms with E-state index in [-0.39, 0.29) is 24.0 Å². The third kappa shape index (κ3) is 7.21. The van der Waals surface area contributed by atoms with Crippen molar-refractivity contribution in [3.63, 3.8) is 0 Å². The number of fused-ring (bicyclic) bond motifs is 2. The molecular formula is C35H41N2O6+. The fourth-order valence-electron chi connectivity index (χ4n) is 5.88. The van der Waals surface area contributed by atoms with E-state index in [9.17, 15) is 9.59 Å². The van der Waals surface area contributed by atoms with Gasteiger partial charge in [0.15, 0.2) is 12.3 Å². The van der Waals surface area contributed by atoms with Crippen molar-refractivity contribution in [3.05, 3.63) is 108 Å². The van der Waals surface area contributed by atoms with Crippen molar-refractivity contribution in [1.29, 1.82) is 0 Å². The lowest BCUT2D eigenvalue weighted by molar-refractivity contribution is -0.441. The molecule has 226 valence electrons. The van der Waals surface area contributed by atoms with Crippen molar-refractivity contribution in [2.24, 2.45) is 0 Å². The molecule has 0 amide bonds. The summed E-state index contributed by atoms with van der Waals surface area (Å²) in [5.74, 6) is -1.95. The molecule has 0 saturated carbocycles. The third-order valence-electron chi connectivity index (χ3n) is 7.92. The lowest BCUT2D eigenvalue weighted by atomic mass is 9.81. The molecule has 0 unspecified atom stereocenters. The summed E-state index contributed by atoms with van der Waals surface area (Å²) in [4.78, 5) is 23.9. The molecule has 0 saturated heterocycles. The highest BCUT2D eigenvalue weighted by atomic mass is 16.5. The largest absolute Gasteiger partial charge is 0.480 e. The first-order valence-corrected chi connectivity index (χ1v) is 14.5. The van der Waals surface area contributed by atoms with Gasteiger partial charge in [-0.05, 0) is 31.6 Å². The molecule has 8 nitrogen and oxygen atoms in total. The van der Waals surface area contributed by atoms with Gasteiger partial charge in [0.2, 0.25) is 5.69 Å². The Labute approximate surface area is 253 Å². The second kappa shape index (κ2) is 13.8. The molecular weight excluding hydrogens is 544 g/mol. The molecule has 2 N–H and O–H groups in total. The number of anilines is 1. The molecule has 0 atom stereocenters. The van der Waals surface area contributed by atoms with Crippen molar-refractivity contribution in [2.75, 3.05) is 44.4 Å². The molecule has 2 aromatic rings. The third-order valence-corrected chi connectivity index (χ3v) is 7.92. The van der Waals surface area contributed by atoms with Gasteiger partial charge < -0.3 is 24.6 Å². The van der Waals surface area contributed by atoms with Crippen molar-refractivity contribution < 1.29 is 33.9 Å². The summed E-state index contributed by atoms with van der Waals surface area (Å²) < 4.78 is 12.9. The van der Waals surface area contributed by atoms with Gasteiger partial charge in [-0.3, -0.25) is 0 Å². The summed E-state index contributed by atoms with van der Waals surface area (Å²) in [6.45, 7) is 9.89. The monoisotopic (exact) mass is 585 g/mol. The molecule has 0 fully saturated rings. The van der Waals surface area contributed by atoms with E-state index in [1.807, 2.05) is 54.6 Å². The summed E-state index contributed by atoms with van der Waals surface area (Å²) in [5, 5.41) is 17.8. The Morgan fingerprint density at radius 1 is 0.791 bits per heavy atom. The van der Waals surface area contributed by atoms with E-state index < -0.39 is 11.9 Å². The molecule has 8 heteroatoms. The highest BCUT2D eigenvalue weighted by molar-refractivity contribution is 6.03. The average molecular weight is 586 g/mol. The second-order valence-electron chi connectivity index (χ2n) is 11.5. The minimum atomic E-state index is -0.974. The van der Waals surface area contributed by atoms with Crippen LogP contribution in [0.2, 0.25) is 0 Å². The van der Waals surface area contributed by atoms with Crippen LogP contribution < -0.4 is 4.90 Å². The highest BCUT2D eigenvalue weighted by Gasteiger charge is 2.44. The lowest BCUT2D eigenvalue weighted by Gasteiger charge is -2.26. The molecule has 0 bridgehead atoms.